The molecular weight excluding hydrogens is 314 g/mol. The molecule has 0 aromatic heterocycles. The third-order valence-corrected chi connectivity index (χ3v) is 4.47. The van der Waals surface area contributed by atoms with Crippen LogP contribution >= 0.6 is 0 Å². The number of nitrogens with one attached hydrogen (secondary N) is 2. The summed E-state index contributed by atoms with van der Waals surface area (Å²) in [6.45, 7) is 1.14. The van der Waals surface area contributed by atoms with Gasteiger partial charge in [-0.3, -0.25) is 14.9 Å². The van der Waals surface area contributed by atoms with Gasteiger partial charge in [-0.2, -0.15) is 0 Å². The molecule has 1 heterocycles. The smallest absolute Gasteiger partial charge is 0.258 e. The number of anilines is 1. The molecule has 5 heteroatoms. The highest BCUT2D eigenvalue weighted by Crippen LogP contribution is 2.32. The van der Waals surface area contributed by atoms with Gasteiger partial charge in [0.2, 0.25) is 0 Å². The fourth-order valence-electron chi connectivity index (χ4n) is 3.24. The Kier molecular flexibility index (Phi) is 3.71. The molecule has 0 atom stereocenters. The van der Waals surface area contributed by atoms with Gasteiger partial charge in [-0.15, -0.1) is 0 Å². The van der Waals surface area contributed by atoms with Crippen LogP contribution in [-0.4, -0.2) is 11.8 Å². The summed E-state index contributed by atoms with van der Waals surface area (Å²) in [5, 5.41) is 7.35. The fraction of sp³-hybridized carbons (Fsp3) is 0.100. The molecule has 0 fully saturated rings. The summed E-state index contributed by atoms with van der Waals surface area (Å²) in [7, 11) is 0. The van der Waals surface area contributed by atoms with Crippen molar-refractivity contribution in [2.75, 3.05) is 5.32 Å². The van der Waals surface area contributed by atoms with Gasteiger partial charge in [-0.25, -0.2) is 0 Å². The molecule has 0 saturated heterocycles. The third-order valence-electron chi connectivity index (χ3n) is 4.47. The second-order valence-electron chi connectivity index (χ2n) is 6.05. The van der Waals surface area contributed by atoms with Gasteiger partial charge in [-0.1, -0.05) is 36.4 Å². The van der Waals surface area contributed by atoms with Crippen LogP contribution in [0.15, 0.2) is 54.6 Å². The number of amides is 2. The van der Waals surface area contributed by atoms with Crippen LogP contribution in [0.1, 0.15) is 31.8 Å². The second-order valence-corrected chi connectivity index (χ2v) is 6.05. The lowest BCUT2D eigenvalue weighted by Crippen LogP contribution is -2.34. The number of nitrogens with two attached hydrogens (primary N) is 1. The minimum atomic E-state index is -0.351. The summed E-state index contributed by atoms with van der Waals surface area (Å²) in [5.41, 5.74) is 9.84. The first kappa shape index (κ1) is 15.4. The Morgan fingerprint density at radius 3 is 2.40 bits per heavy atom. The quantitative estimate of drug-likeness (QED) is 0.642. The first-order chi connectivity index (χ1) is 12.2. The minimum Gasteiger partial charge on any atom is -0.380 e. The highest BCUT2D eigenvalue weighted by molar-refractivity contribution is 6.26. The summed E-state index contributed by atoms with van der Waals surface area (Å²) >= 11 is 0. The number of benzene rings is 3. The van der Waals surface area contributed by atoms with Crippen LogP contribution in [0.3, 0.4) is 0 Å². The molecule has 1 aliphatic heterocycles. The third kappa shape index (κ3) is 2.64. The SMILES string of the molecule is NCc1cccc(CNc2ccc3c4c(cccc24)C(=O)NC3=O)c1. The highest BCUT2D eigenvalue weighted by atomic mass is 16.2. The van der Waals surface area contributed by atoms with Crippen LogP contribution in [0.25, 0.3) is 10.8 Å². The van der Waals surface area contributed by atoms with Crippen molar-refractivity contribution in [3.63, 3.8) is 0 Å². The average Bonchev–Trinajstić information content (AvgIpc) is 2.64. The number of carbonyl (C=O) groups excluding carboxylic acids is 2. The number of hydrogen-bond donors (Lipinski definition) is 3. The van der Waals surface area contributed by atoms with Crippen LogP contribution in [0.2, 0.25) is 0 Å². The molecule has 0 spiro atoms. The lowest BCUT2D eigenvalue weighted by molar-refractivity contribution is 0.0845. The summed E-state index contributed by atoms with van der Waals surface area (Å²) in [5.74, 6) is -0.702. The molecule has 1 aliphatic rings. The van der Waals surface area contributed by atoms with Crippen molar-refractivity contribution >= 4 is 28.3 Å². The van der Waals surface area contributed by atoms with Crippen molar-refractivity contribution in [3.05, 3.63) is 76.9 Å². The molecule has 25 heavy (non-hydrogen) atoms. The zero-order valence-electron chi connectivity index (χ0n) is 13.5. The van der Waals surface area contributed by atoms with Gasteiger partial charge in [0.05, 0.1) is 0 Å². The Hall–Kier alpha value is -3.18. The average molecular weight is 331 g/mol. The zero-order chi connectivity index (χ0) is 17.4. The van der Waals surface area contributed by atoms with E-state index in [9.17, 15) is 9.59 Å². The molecule has 3 aromatic carbocycles. The molecule has 124 valence electrons. The van der Waals surface area contributed by atoms with Gasteiger partial charge in [0.1, 0.15) is 0 Å². The fourth-order valence-corrected chi connectivity index (χ4v) is 3.24. The van der Waals surface area contributed by atoms with Crippen molar-refractivity contribution in [1.82, 2.24) is 5.32 Å². The summed E-state index contributed by atoms with van der Waals surface area (Å²) in [4.78, 5) is 24.2. The number of rotatable bonds is 4. The van der Waals surface area contributed by atoms with E-state index in [1.54, 1.807) is 12.1 Å². The molecule has 3 aromatic rings. The van der Waals surface area contributed by atoms with E-state index in [2.05, 4.69) is 16.7 Å². The minimum absolute atomic E-state index is 0.351. The van der Waals surface area contributed by atoms with Crippen LogP contribution in [-0.2, 0) is 13.1 Å². The van der Waals surface area contributed by atoms with Gasteiger partial charge in [0, 0.05) is 40.7 Å². The van der Waals surface area contributed by atoms with Crippen LogP contribution < -0.4 is 16.4 Å². The standard InChI is InChI=1S/C20H17N3O2/c21-10-12-3-1-4-13(9-12)11-22-17-8-7-16-18-14(17)5-2-6-15(18)19(24)23-20(16)25/h1-9,22H,10-11,21H2,(H,23,24,25). The maximum Gasteiger partial charge on any atom is 0.258 e. The lowest BCUT2D eigenvalue weighted by atomic mass is 9.94. The van der Waals surface area contributed by atoms with Crippen LogP contribution in [0, 0.1) is 0 Å². The first-order valence-corrected chi connectivity index (χ1v) is 8.10. The number of hydrogen-bond acceptors (Lipinski definition) is 4. The predicted molar refractivity (Wildman–Crippen MR) is 97.4 cm³/mol. The molecule has 0 radical (unpaired) electrons. The molecule has 4 N–H and O–H groups in total. The summed E-state index contributed by atoms with van der Waals surface area (Å²) in [6, 6.07) is 17.2. The summed E-state index contributed by atoms with van der Waals surface area (Å²) in [6.07, 6.45) is 0. The Bertz CT molecular complexity index is 991. The predicted octanol–water partition coefficient (Wildman–Crippen LogP) is 2.79. The molecule has 4 rings (SSSR count). The van der Waals surface area contributed by atoms with Crippen molar-refractivity contribution in [2.45, 2.75) is 13.1 Å². The molecule has 0 saturated carbocycles. The van der Waals surface area contributed by atoms with E-state index in [0.29, 0.717) is 29.6 Å². The molecule has 0 bridgehead atoms. The first-order valence-electron chi connectivity index (χ1n) is 8.10. The lowest BCUT2D eigenvalue weighted by Gasteiger charge is -2.19. The van der Waals surface area contributed by atoms with E-state index in [1.165, 1.54) is 0 Å². The normalized spacial score (nSPS) is 13.0. The molecule has 5 nitrogen and oxygen atoms in total. The van der Waals surface area contributed by atoms with E-state index >= 15 is 0 Å². The largest absolute Gasteiger partial charge is 0.380 e. The maximum absolute atomic E-state index is 12.1. The Morgan fingerprint density at radius 2 is 1.60 bits per heavy atom. The molecule has 2 amide bonds. The number of imide groups is 1. The van der Waals surface area contributed by atoms with Gasteiger partial charge >= 0.3 is 0 Å². The van der Waals surface area contributed by atoms with Crippen molar-refractivity contribution in [3.8, 4) is 0 Å². The van der Waals surface area contributed by atoms with Gasteiger partial charge in [0.25, 0.3) is 11.8 Å². The molecular formula is C20H17N3O2. The number of carbonyl (C=O) groups is 2. The Balaban J connectivity index is 1.73. The van der Waals surface area contributed by atoms with Crippen LogP contribution in [0.4, 0.5) is 5.69 Å². The van der Waals surface area contributed by atoms with Gasteiger partial charge < -0.3 is 11.1 Å². The molecule has 0 aliphatic carbocycles. The maximum atomic E-state index is 12.1. The monoisotopic (exact) mass is 331 g/mol. The second kappa shape index (κ2) is 6.03. The summed E-state index contributed by atoms with van der Waals surface area (Å²) < 4.78 is 0. The van der Waals surface area contributed by atoms with E-state index < -0.39 is 0 Å². The Labute approximate surface area is 144 Å². The highest BCUT2D eigenvalue weighted by Gasteiger charge is 2.25. The van der Waals surface area contributed by atoms with E-state index in [-0.39, 0.29) is 11.8 Å². The van der Waals surface area contributed by atoms with Crippen molar-refractivity contribution < 1.29 is 9.59 Å². The van der Waals surface area contributed by atoms with E-state index in [4.69, 9.17) is 5.73 Å². The molecule has 0 unspecified atom stereocenters. The Morgan fingerprint density at radius 1 is 0.880 bits per heavy atom. The van der Waals surface area contributed by atoms with Crippen LogP contribution in [0.5, 0.6) is 0 Å². The topological polar surface area (TPSA) is 84.2 Å². The van der Waals surface area contributed by atoms with Gasteiger partial charge in [0.15, 0.2) is 0 Å². The van der Waals surface area contributed by atoms with Crippen molar-refractivity contribution in [1.29, 1.82) is 0 Å². The van der Waals surface area contributed by atoms with E-state index in [0.717, 1.165) is 22.2 Å². The van der Waals surface area contributed by atoms with Gasteiger partial charge in [-0.05, 0) is 29.3 Å². The zero-order valence-corrected chi connectivity index (χ0v) is 13.5. The van der Waals surface area contributed by atoms with Crippen molar-refractivity contribution in [2.24, 2.45) is 5.73 Å². The van der Waals surface area contributed by atoms with E-state index in [1.807, 2.05) is 36.4 Å².